The second-order valence-electron chi connectivity index (χ2n) is 10.0. The number of hydrogen-bond donors (Lipinski definition) is 1. The predicted molar refractivity (Wildman–Crippen MR) is 146 cm³/mol. The van der Waals surface area contributed by atoms with Gasteiger partial charge in [-0.3, -0.25) is 13.9 Å². The third-order valence-corrected chi connectivity index (χ3v) is 7.92. The fourth-order valence-corrected chi connectivity index (χ4v) is 5.66. The van der Waals surface area contributed by atoms with E-state index < -0.39 is 28.5 Å². The van der Waals surface area contributed by atoms with Gasteiger partial charge in [-0.05, 0) is 74.6 Å². The third-order valence-electron chi connectivity index (χ3n) is 6.78. The van der Waals surface area contributed by atoms with Crippen LogP contribution in [0.1, 0.15) is 55.7 Å². The van der Waals surface area contributed by atoms with Crippen LogP contribution in [0.3, 0.4) is 0 Å². The Morgan fingerprint density at radius 2 is 1.70 bits per heavy atom. The Kier molecular flexibility index (Phi) is 9.59. The maximum absolute atomic E-state index is 13.7. The number of rotatable bonds is 10. The van der Waals surface area contributed by atoms with Crippen molar-refractivity contribution in [3.8, 4) is 5.75 Å². The van der Waals surface area contributed by atoms with Gasteiger partial charge in [0.05, 0.1) is 19.1 Å². The summed E-state index contributed by atoms with van der Waals surface area (Å²) < 4.78 is 32.0. The second kappa shape index (κ2) is 12.4. The van der Waals surface area contributed by atoms with Crippen molar-refractivity contribution >= 4 is 27.5 Å². The summed E-state index contributed by atoms with van der Waals surface area (Å²) in [6, 6.07) is 12.0. The molecule has 1 aliphatic carbocycles. The van der Waals surface area contributed by atoms with Gasteiger partial charge in [0.25, 0.3) is 0 Å². The molecule has 9 heteroatoms. The zero-order valence-electron chi connectivity index (χ0n) is 22.5. The lowest BCUT2D eigenvalue weighted by Crippen LogP contribution is -2.53. The van der Waals surface area contributed by atoms with Crippen LogP contribution in [0.5, 0.6) is 5.75 Å². The van der Waals surface area contributed by atoms with E-state index in [-0.39, 0.29) is 18.5 Å². The van der Waals surface area contributed by atoms with E-state index in [9.17, 15) is 18.0 Å². The van der Waals surface area contributed by atoms with E-state index in [1.807, 2.05) is 38.1 Å². The van der Waals surface area contributed by atoms with Crippen LogP contribution in [0, 0.1) is 13.8 Å². The van der Waals surface area contributed by atoms with Gasteiger partial charge < -0.3 is 15.0 Å². The van der Waals surface area contributed by atoms with E-state index in [0.29, 0.717) is 11.4 Å². The van der Waals surface area contributed by atoms with E-state index in [1.54, 1.807) is 32.2 Å². The maximum Gasteiger partial charge on any atom is 0.244 e. The number of anilines is 1. The van der Waals surface area contributed by atoms with Crippen molar-refractivity contribution in [1.29, 1.82) is 0 Å². The number of aryl methyl sites for hydroxylation is 2. The highest BCUT2D eigenvalue weighted by molar-refractivity contribution is 7.92. The molecule has 0 saturated heterocycles. The van der Waals surface area contributed by atoms with E-state index in [4.69, 9.17) is 4.74 Å². The van der Waals surface area contributed by atoms with Crippen molar-refractivity contribution in [1.82, 2.24) is 10.2 Å². The molecule has 1 atom stereocenters. The molecule has 8 nitrogen and oxygen atoms in total. The number of nitrogens with one attached hydrogen (secondary N) is 1. The Bertz CT molecular complexity index is 1190. The quantitative estimate of drug-likeness (QED) is 0.503. The molecule has 0 radical (unpaired) electrons. The van der Waals surface area contributed by atoms with Gasteiger partial charge >= 0.3 is 0 Å². The lowest BCUT2D eigenvalue weighted by Gasteiger charge is -2.33. The first-order chi connectivity index (χ1) is 17.5. The molecular weight excluding hydrogens is 490 g/mol. The van der Waals surface area contributed by atoms with E-state index in [0.717, 1.165) is 52.9 Å². The topological polar surface area (TPSA) is 96.0 Å². The van der Waals surface area contributed by atoms with E-state index in [2.05, 4.69) is 5.32 Å². The van der Waals surface area contributed by atoms with Gasteiger partial charge in [0.1, 0.15) is 18.3 Å². The van der Waals surface area contributed by atoms with Gasteiger partial charge in [-0.2, -0.15) is 0 Å². The molecule has 0 aromatic heterocycles. The van der Waals surface area contributed by atoms with Gasteiger partial charge in [-0.15, -0.1) is 0 Å². The van der Waals surface area contributed by atoms with Gasteiger partial charge in [-0.1, -0.05) is 37.5 Å². The Hall–Kier alpha value is -3.07. The highest BCUT2D eigenvalue weighted by Crippen LogP contribution is 2.23. The summed E-state index contributed by atoms with van der Waals surface area (Å²) in [7, 11) is -2.20. The SMILES string of the molecule is COc1cccc(CN(C(=O)CN(c2cc(C)cc(C)c2)S(C)(=O)=O)[C@@H](C)C(=O)NC2CCCCC2)c1. The van der Waals surface area contributed by atoms with Crippen LogP contribution in [-0.2, 0) is 26.2 Å². The molecule has 1 fully saturated rings. The minimum absolute atomic E-state index is 0.0975. The lowest BCUT2D eigenvalue weighted by molar-refractivity contribution is -0.139. The van der Waals surface area contributed by atoms with Gasteiger partial charge in [0, 0.05) is 12.6 Å². The van der Waals surface area contributed by atoms with Crippen LogP contribution >= 0.6 is 0 Å². The zero-order chi connectivity index (χ0) is 27.2. The molecule has 0 aliphatic heterocycles. The van der Waals surface area contributed by atoms with Crippen molar-refractivity contribution < 1.29 is 22.7 Å². The Balaban J connectivity index is 1.90. The molecule has 1 aliphatic rings. The van der Waals surface area contributed by atoms with Crippen LogP contribution in [0.2, 0.25) is 0 Å². The number of amides is 2. The summed E-state index contributed by atoms with van der Waals surface area (Å²) in [6.07, 6.45) is 6.26. The van der Waals surface area contributed by atoms with Crippen molar-refractivity contribution in [3.63, 3.8) is 0 Å². The first-order valence-electron chi connectivity index (χ1n) is 12.8. The van der Waals surface area contributed by atoms with Crippen LogP contribution in [0.4, 0.5) is 5.69 Å². The largest absolute Gasteiger partial charge is 0.497 e. The molecule has 3 rings (SSSR count). The number of methoxy groups -OCH3 is 1. The number of carbonyl (C=O) groups is 2. The molecule has 37 heavy (non-hydrogen) atoms. The molecule has 2 amide bonds. The standard InChI is InChI=1S/C28H39N3O5S/c1-20-14-21(2)16-25(15-20)31(37(5,34)35)19-27(32)30(18-23-10-9-13-26(17-23)36-4)22(3)28(33)29-24-11-7-6-8-12-24/h9-10,13-17,22,24H,6-8,11-12,18-19H2,1-5H3,(H,29,33)/t22-/m0/s1. The van der Waals surface area contributed by atoms with E-state index >= 15 is 0 Å². The van der Waals surface area contributed by atoms with Gasteiger partial charge in [0.2, 0.25) is 21.8 Å². The molecular formula is C28H39N3O5S. The molecule has 0 unspecified atom stereocenters. The smallest absolute Gasteiger partial charge is 0.244 e. The van der Waals surface area contributed by atoms with Crippen molar-refractivity contribution in [2.24, 2.45) is 0 Å². The Morgan fingerprint density at radius 3 is 2.30 bits per heavy atom. The second-order valence-corrected chi connectivity index (χ2v) is 11.9. The number of ether oxygens (including phenoxy) is 1. The van der Waals surface area contributed by atoms with Crippen LogP contribution in [0.15, 0.2) is 42.5 Å². The highest BCUT2D eigenvalue weighted by atomic mass is 32.2. The molecule has 2 aromatic carbocycles. The van der Waals surface area contributed by atoms with Crippen LogP contribution in [0.25, 0.3) is 0 Å². The van der Waals surface area contributed by atoms with Crippen molar-refractivity contribution in [3.05, 3.63) is 59.2 Å². The Morgan fingerprint density at radius 1 is 1.05 bits per heavy atom. The van der Waals surface area contributed by atoms with E-state index in [1.165, 1.54) is 11.3 Å². The monoisotopic (exact) mass is 529 g/mol. The number of sulfonamides is 1. The minimum Gasteiger partial charge on any atom is -0.497 e. The molecule has 2 aromatic rings. The summed E-state index contributed by atoms with van der Waals surface area (Å²) >= 11 is 0. The fraction of sp³-hybridized carbons (Fsp3) is 0.500. The first kappa shape index (κ1) is 28.5. The van der Waals surface area contributed by atoms with Crippen LogP contribution < -0.4 is 14.4 Å². The van der Waals surface area contributed by atoms with Crippen molar-refractivity contribution in [2.45, 2.75) is 71.5 Å². The molecule has 0 spiro atoms. The maximum atomic E-state index is 13.7. The van der Waals surface area contributed by atoms with Crippen LogP contribution in [-0.4, -0.2) is 57.1 Å². The first-order valence-corrected chi connectivity index (χ1v) is 14.6. The summed E-state index contributed by atoms with van der Waals surface area (Å²) in [5, 5.41) is 3.10. The van der Waals surface area contributed by atoms with Gasteiger partial charge in [0.15, 0.2) is 0 Å². The molecule has 1 saturated carbocycles. The minimum atomic E-state index is -3.77. The van der Waals surface area contributed by atoms with Crippen molar-refractivity contribution in [2.75, 3.05) is 24.2 Å². The number of nitrogens with zero attached hydrogens (tertiary/aromatic N) is 2. The lowest BCUT2D eigenvalue weighted by atomic mass is 9.95. The summed E-state index contributed by atoms with van der Waals surface area (Å²) in [5.41, 5.74) is 2.99. The zero-order valence-corrected chi connectivity index (χ0v) is 23.3. The Labute approximate surface area is 221 Å². The number of benzene rings is 2. The predicted octanol–water partition coefficient (Wildman–Crippen LogP) is 3.94. The fourth-order valence-electron chi connectivity index (χ4n) is 4.83. The molecule has 0 bridgehead atoms. The summed E-state index contributed by atoms with van der Waals surface area (Å²) in [4.78, 5) is 28.5. The third kappa shape index (κ3) is 7.95. The highest BCUT2D eigenvalue weighted by Gasteiger charge is 2.31. The number of hydrogen-bond acceptors (Lipinski definition) is 5. The average molecular weight is 530 g/mol. The molecule has 202 valence electrons. The summed E-state index contributed by atoms with van der Waals surface area (Å²) in [5.74, 6) is -0.0589. The average Bonchev–Trinajstić information content (AvgIpc) is 2.84. The summed E-state index contributed by atoms with van der Waals surface area (Å²) in [6.45, 7) is 5.18. The normalized spacial score (nSPS) is 15.1. The number of carbonyl (C=O) groups excluding carboxylic acids is 2. The van der Waals surface area contributed by atoms with Gasteiger partial charge in [-0.25, -0.2) is 8.42 Å². The molecule has 1 N–H and O–H groups in total. The molecule has 0 heterocycles.